The second-order valence-electron chi connectivity index (χ2n) is 5.67. The van der Waals surface area contributed by atoms with Gasteiger partial charge < -0.3 is 0 Å². The minimum absolute atomic E-state index is 0.843. The first-order chi connectivity index (χ1) is 7.92. The van der Waals surface area contributed by atoms with Crippen molar-refractivity contribution in [1.29, 1.82) is 0 Å². The summed E-state index contributed by atoms with van der Waals surface area (Å²) in [7, 11) is 2.04. The van der Waals surface area contributed by atoms with Crippen molar-refractivity contribution in [2.24, 2.45) is 16.8 Å². The molecule has 92 valence electrons. The molecule has 0 heterocycles. The second kappa shape index (κ2) is 6.42. The Morgan fingerprint density at radius 3 is 1.44 bits per heavy atom. The van der Waals surface area contributed by atoms with E-state index in [2.05, 4.69) is 0 Å². The lowest BCUT2D eigenvalue weighted by molar-refractivity contribution is 0.417. The Labute approximate surface area is 101 Å². The molecule has 1 heteroatoms. The van der Waals surface area contributed by atoms with E-state index in [1.54, 1.807) is 5.71 Å². The van der Waals surface area contributed by atoms with E-state index in [-0.39, 0.29) is 0 Å². The van der Waals surface area contributed by atoms with Crippen molar-refractivity contribution in [3.8, 4) is 0 Å². The van der Waals surface area contributed by atoms with Crippen LogP contribution in [0.25, 0.3) is 0 Å². The van der Waals surface area contributed by atoms with Crippen LogP contribution >= 0.6 is 0 Å². The van der Waals surface area contributed by atoms with Gasteiger partial charge in [0.1, 0.15) is 0 Å². The first kappa shape index (κ1) is 12.1. The molecule has 0 N–H and O–H groups in total. The predicted octanol–water partition coefficient (Wildman–Crippen LogP) is 4.61. The summed E-state index contributed by atoms with van der Waals surface area (Å²) in [5.74, 6) is 1.69. The van der Waals surface area contributed by atoms with Crippen molar-refractivity contribution in [2.75, 3.05) is 7.05 Å². The van der Waals surface area contributed by atoms with Crippen molar-refractivity contribution in [1.82, 2.24) is 0 Å². The van der Waals surface area contributed by atoms with Crippen molar-refractivity contribution < 1.29 is 0 Å². The third-order valence-corrected chi connectivity index (χ3v) is 4.56. The Hall–Kier alpha value is -0.330. The average Bonchev–Trinajstić information content (AvgIpc) is 2.61. The molecule has 0 aliphatic heterocycles. The first-order valence-electron chi connectivity index (χ1n) is 7.38. The highest BCUT2D eigenvalue weighted by molar-refractivity contribution is 5.89. The highest BCUT2D eigenvalue weighted by atomic mass is 14.7. The first-order valence-corrected chi connectivity index (χ1v) is 7.38. The van der Waals surface area contributed by atoms with Gasteiger partial charge >= 0.3 is 0 Å². The highest BCUT2D eigenvalue weighted by Gasteiger charge is 2.25. The molecule has 0 atom stereocenters. The number of aliphatic imine (C=N–C) groups is 1. The molecule has 0 aromatic heterocycles. The number of rotatable bonds is 2. The number of nitrogens with zero attached hydrogens (tertiary/aromatic N) is 1. The van der Waals surface area contributed by atoms with E-state index in [0.717, 1.165) is 11.8 Å². The molecule has 0 unspecified atom stereocenters. The molecule has 0 radical (unpaired) electrons. The SMILES string of the molecule is CN=C(C1CCCCCC1)C1CCCCC1. The number of hydrogen-bond acceptors (Lipinski definition) is 1. The maximum absolute atomic E-state index is 4.69. The van der Waals surface area contributed by atoms with E-state index in [4.69, 9.17) is 4.99 Å². The largest absolute Gasteiger partial charge is 0.297 e. The van der Waals surface area contributed by atoms with Gasteiger partial charge in [0.2, 0.25) is 0 Å². The van der Waals surface area contributed by atoms with Crippen LogP contribution in [0.1, 0.15) is 70.6 Å². The zero-order valence-corrected chi connectivity index (χ0v) is 10.9. The molecule has 2 aliphatic rings. The van der Waals surface area contributed by atoms with E-state index >= 15 is 0 Å². The summed E-state index contributed by atoms with van der Waals surface area (Å²) in [6, 6.07) is 0. The summed E-state index contributed by atoms with van der Waals surface area (Å²) < 4.78 is 0. The molecule has 16 heavy (non-hydrogen) atoms. The molecule has 0 aromatic rings. The second-order valence-corrected chi connectivity index (χ2v) is 5.67. The molecule has 0 saturated heterocycles. The van der Waals surface area contributed by atoms with Crippen LogP contribution in [-0.2, 0) is 0 Å². The maximum Gasteiger partial charge on any atom is 0.0276 e. The minimum atomic E-state index is 0.843. The van der Waals surface area contributed by atoms with Crippen LogP contribution in [0, 0.1) is 11.8 Å². The van der Waals surface area contributed by atoms with Crippen LogP contribution in [0.4, 0.5) is 0 Å². The third-order valence-electron chi connectivity index (χ3n) is 4.56. The van der Waals surface area contributed by atoms with Crippen LogP contribution in [0.5, 0.6) is 0 Å². The fourth-order valence-corrected chi connectivity index (χ4v) is 3.67. The van der Waals surface area contributed by atoms with Gasteiger partial charge in [0.15, 0.2) is 0 Å². The molecular weight excluding hydrogens is 194 g/mol. The predicted molar refractivity (Wildman–Crippen MR) is 71.1 cm³/mol. The van der Waals surface area contributed by atoms with Crippen LogP contribution in [-0.4, -0.2) is 12.8 Å². The molecule has 2 rings (SSSR count). The lowest BCUT2D eigenvalue weighted by Crippen LogP contribution is -2.25. The monoisotopic (exact) mass is 221 g/mol. The van der Waals surface area contributed by atoms with Crippen LogP contribution in [0.3, 0.4) is 0 Å². The van der Waals surface area contributed by atoms with E-state index in [0.29, 0.717) is 0 Å². The molecule has 2 saturated carbocycles. The van der Waals surface area contributed by atoms with Gasteiger partial charge in [-0.05, 0) is 37.5 Å². The van der Waals surface area contributed by atoms with Crippen molar-refractivity contribution in [3.63, 3.8) is 0 Å². The molecular formula is C15H27N. The van der Waals surface area contributed by atoms with Crippen LogP contribution in [0.15, 0.2) is 4.99 Å². The zero-order valence-electron chi connectivity index (χ0n) is 10.9. The van der Waals surface area contributed by atoms with Crippen LogP contribution < -0.4 is 0 Å². The fourth-order valence-electron chi connectivity index (χ4n) is 3.67. The quantitative estimate of drug-likeness (QED) is 0.477. The lowest BCUT2D eigenvalue weighted by Gasteiger charge is -2.28. The Morgan fingerprint density at radius 2 is 1.06 bits per heavy atom. The Morgan fingerprint density at radius 1 is 0.688 bits per heavy atom. The highest BCUT2D eigenvalue weighted by Crippen LogP contribution is 2.32. The lowest BCUT2D eigenvalue weighted by atomic mass is 9.78. The topological polar surface area (TPSA) is 12.4 Å². The Balaban J connectivity index is 1.96. The number of hydrogen-bond donors (Lipinski definition) is 0. The smallest absolute Gasteiger partial charge is 0.0276 e. The van der Waals surface area contributed by atoms with Crippen LogP contribution in [0.2, 0.25) is 0 Å². The summed E-state index contributed by atoms with van der Waals surface area (Å²) in [5.41, 5.74) is 1.60. The van der Waals surface area contributed by atoms with Gasteiger partial charge in [0.25, 0.3) is 0 Å². The van der Waals surface area contributed by atoms with Gasteiger partial charge in [-0.3, -0.25) is 4.99 Å². The Kier molecular flexibility index (Phi) is 4.87. The molecule has 1 nitrogen and oxygen atoms in total. The average molecular weight is 221 g/mol. The van der Waals surface area contributed by atoms with Gasteiger partial charge in [-0.1, -0.05) is 44.9 Å². The van der Waals surface area contributed by atoms with Gasteiger partial charge in [-0.15, -0.1) is 0 Å². The van der Waals surface area contributed by atoms with E-state index in [9.17, 15) is 0 Å². The maximum atomic E-state index is 4.69. The molecule has 0 spiro atoms. The summed E-state index contributed by atoms with van der Waals surface area (Å²) in [6.45, 7) is 0. The minimum Gasteiger partial charge on any atom is -0.297 e. The van der Waals surface area contributed by atoms with Gasteiger partial charge in [-0.2, -0.15) is 0 Å². The molecule has 0 amide bonds. The summed E-state index contributed by atoms with van der Waals surface area (Å²) >= 11 is 0. The molecule has 2 fully saturated rings. The van der Waals surface area contributed by atoms with Crippen molar-refractivity contribution >= 4 is 5.71 Å². The fraction of sp³-hybridized carbons (Fsp3) is 0.933. The van der Waals surface area contributed by atoms with Gasteiger partial charge in [0.05, 0.1) is 0 Å². The van der Waals surface area contributed by atoms with E-state index in [1.165, 1.54) is 70.6 Å². The standard InChI is InChI=1S/C15H27N/c1-16-15(14-11-7-4-8-12-14)13-9-5-2-3-6-10-13/h13-14H,2-12H2,1H3. The van der Waals surface area contributed by atoms with E-state index < -0.39 is 0 Å². The van der Waals surface area contributed by atoms with Gasteiger partial charge in [0, 0.05) is 12.8 Å². The normalized spacial score (nSPS) is 26.7. The van der Waals surface area contributed by atoms with Gasteiger partial charge in [-0.25, -0.2) is 0 Å². The van der Waals surface area contributed by atoms with Crippen molar-refractivity contribution in [3.05, 3.63) is 0 Å². The molecule has 0 bridgehead atoms. The Bertz CT molecular complexity index is 218. The van der Waals surface area contributed by atoms with Crippen molar-refractivity contribution in [2.45, 2.75) is 70.6 Å². The summed E-state index contributed by atoms with van der Waals surface area (Å²) in [5, 5.41) is 0. The molecule has 2 aliphatic carbocycles. The molecule has 0 aromatic carbocycles. The summed E-state index contributed by atoms with van der Waals surface area (Å²) in [4.78, 5) is 4.69. The summed E-state index contributed by atoms with van der Waals surface area (Å²) in [6.07, 6.45) is 15.8. The van der Waals surface area contributed by atoms with E-state index in [1.807, 2.05) is 7.05 Å². The zero-order chi connectivity index (χ0) is 11.2. The third kappa shape index (κ3) is 3.09.